The first kappa shape index (κ1) is 37.2. The van der Waals surface area contributed by atoms with E-state index in [9.17, 15) is 8.42 Å². The Labute approximate surface area is 289 Å². The van der Waals surface area contributed by atoms with E-state index in [1.807, 2.05) is 153 Å². The van der Waals surface area contributed by atoms with Crippen molar-refractivity contribution in [3.63, 3.8) is 0 Å². The van der Waals surface area contributed by atoms with Gasteiger partial charge in [-0.2, -0.15) is 8.80 Å². The maximum absolute atomic E-state index is 12.6. The molecule has 4 rings (SSSR count). The lowest BCUT2D eigenvalue weighted by molar-refractivity contribution is 0.650. The summed E-state index contributed by atoms with van der Waals surface area (Å²) in [6, 6.07) is 30.6. The van der Waals surface area contributed by atoms with Gasteiger partial charge in [0.25, 0.3) is 0 Å². The summed E-state index contributed by atoms with van der Waals surface area (Å²) in [5.74, 6) is 0. The van der Waals surface area contributed by atoms with Crippen LogP contribution in [-0.2, 0) is 22.0 Å². The van der Waals surface area contributed by atoms with Crippen molar-refractivity contribution < 1.29 is 8.42 Å². The summed E-state index contributed by atoms with van der Waals surface area (Å²) in [6.07, 6.45) is 0. The van der Waals surface area contributed by atoms with Crippen LogP contribution in [0.1, 0.15) is 63.8 Å². The summed E-state index contributed by atoms with van der Waals surface area (Å²) in [5, 5.41) is 7.52. The maximum Gasteiger partial charge on any atom is 0.145 e. The normalized spacial score (nSPS) is 13.7. The summed E-state index contributed by atoms with van der Waals surface area (Å²) >= 11 is 12.3. The highest BCUT2D eigenvalue weighted by molar-refractivity contribution is 7.85. The molecule has 244 valence electrons. The van der Waals surface area contributed by atoms with Gasteiger partial charge in [-0.1, -0.05) is 83.9 Å². The van der Waals surface area contributed by atoms with Crippen molar-refractivity contribution in [2.75, 3.05) is 24.7 Å². The van der Waals surface area contributed by atoms with E-state index in [-0.39, 0.29) is 0 Å². The molecule has 10 heteroatoms. The monoisotopic (exact) mass is 696 g/mol. The van der Waals surface area contributed by atoms with E-state index in [0.717, 1.165) is 33.6 Å². The van der Waals surface area contributed by atoms with Gasteiger partial charge >= 0.3 is 0 Å². The van der Waals surface area contributed by atoms with Crippen LogP contribution in [-0.4, -0.2) is 43.4 Å². The minimum atomic E-state index is -1.37. The molecule has 0 spiro atoms. The molecular weight excluding hydrogens is 655 g/mol. The van der Waals surface area contributed by atoms with Gasteiger partial charge in [-0.3, -0.25) is 0 Å². The van der Waals surface area contributed by atoms with E-state index < -0.39 is 31.5 Å². The first-order valence-electron chi connectivity index (χ1n) is 14.7. The molecule has 0 unspecified atom stereocenters. The molecule has 6 nitrogen and oxygen atoms in total. The second-order valence-electron chi connectivity index (χ2n) is 12.2. The van der Waals surface area contributed by atoms with Crippen molar-refractivity contribution in [1.29, 1.82) is 0 Å². The number of hydrogen-bond acceptors (Lipinski definition) is 4. The van der Waals surface area contributed by atoms with Crippen LogP contribution in [0.4, 0.5) is 11.4 Å². The van der Waals surface area contributed by atoms with E-state index in [2.05, 4.69) is 19.4 Å². The van der Waals surface area contributed by atoms with Gasteiger partial charge < -0.3 is 10.6 Å². The molecule has 46 heavy (non-hydrogen) atoms. The highest BCUT2D eigenvalue weighted by Crippen LogP contribution is 2.27. The minimum absolute atomic E-state index is 0.432. The van der Waals surface area contributed by atoms with Crippen LogP contribution in [0, 0.1) is 0 Å². The summed E-state index contributed by atoms with van der Waals surface area (Å²) in [5.41, 5.74) is 6.61. The van der Waals surface area contributed by atoms with Gasteiger partial charge in [0.05, 0.1) is 20.9 Å². The van der Waals surface area contributed by atoms with Crippen LogP contribution in [0.25, 0.3) is 0 Å². The second-order valence-corrected chi connectivity index (χ2v) is 16.9. The third-order valence-corrected chi connectivity index (χ3v) is 9.77. The van der Waals surface area contributed by atoms with Crippen LogP contribution in [0.15, 0.2) is 106 Å². The lowest BCUT2D eigenvalue weighted by atomic mass is 10.0. The minimum Gasteiger partial charge on any atom is -0.388 e. The quantitative estimate of drug-likeness (QED) is 0.180. The Balaban J connectivity index is 0.000000250. The van der Waals surface area contributed by atoms with Gasteiger partial charge in [0.1, 0.15) is 22.0 Å². The molecule has 0 aromatic heterocycles. The number of nitrogens with one attached hydrogen (secondary N) is 2. The topological polar surface area (TPSA) is 82.9 Å². The number of anilines is 2. The fourth-order valence-corrected chi connectivity index (χ4v) is 5.64. The van der Waals surface area contributed by atoms with Crippen LogP contribution in [0.2, 0.25) is 10.0 Å². The fourth-order valence-electron chi connectivity index (χ4n) is 4.01. The Morgan fingerprint density at radius 2 is 0.891 bits per heavy atom. The Bertz CT molecular complexity index is 1600. The zero-order valence-corrected chi connectivity index (χ0v) is 30.7. The van der Waals surface area contributed by atoms with Crippen LogP contribution < -0.4 is 10.6 Å². The Morgan fingerprint density at radius 1 is 0.565 bits per heavy atom. The third-order valence-electron chi connectivity index (χ3n) is 6.50. The second kappa shape index (κ2) is 16.5. The third kappa shape index (κ3) is 10.4. The highest BCUT2D eigenvalue weighted by Gasteiger charge is 2.23. The van der Waals surface area contributed by atoms with Crippen molar-refractivity contribution in [2.24, 2.45) is 8.80 Å². The summed E-state index contributed by atoms with van der Waals surface area (Å²) < 4.78 is 33.3. The number of nitrogens with zero attached hydrogens (tertiary/aromatic N) is 2. The standard InChI is InChI=1S/2C18H21ClN2OS/c2*1-18(2,3)23(22)21-17(13-8-6-5-7-9-13)15-12-14(19)10-11-16(15)20-4/h2*5-12,20H,1-4H3/b2*21-17+/t2*23-/m11/s1. The van der Waals surface area contributed by atoms with Gasteiger partial charge in [-0.15, -0.1) is 0 Å². The number of halogens is 2. The predicted molar refractivity (Wildman–Crippen MR) is 202 cm³/mol. The molecule has 0 amide bonds. The van der Waals surface area contributed by atoms with Gasteiger partial charge in [0.15, 0.2) is 0 Å². The zero-order valence-electron chi connectivity index (χ0n) is 27.5. The van der Waals surface area contributed by atoms with Crippen molar-refractivity contribution in [3.8, 4) is 0 Å². The Hall–Kier alpha value is -3.30. The average Bonchev–Trinajstić information content (AvgIpc) is 3.02. The molecule has 0 aliphatic heterocycles. The first-order chi connectivity index (χ1) is 21.6. The molecule has 0 heterocycles. The van der Waals surface area contributed by atoms with Crippen molar-refractivity contribution in [3.05, 3.63) is 129 Å². The van der Waals surface area contributed by atoms with Gasteiger partial charge in [0.2, 0.25) is 0 Å². The molecule has 4 aromatic rings. The van der Waals surface area contributed by atoms with Gasteiger partial charge in [-0.05, 0) is 77.9 Å². The lowest BCUT2D eigenvalue weighted by Crippen LogP contribution is -2.21. The smallest absolute Gasteiger partial charge is 0.145 e. The van der Waals surface area contributed by atoms with Crippen LogP contribution in [0.3, 0.4) is 0 Å². The van der Waals surface area contributed by atoms with E-state index in [4.69, 9.17) is 23.2 Å². The van der Waals surface area contributed by atoms with Crippen molar-refractivity contribution in [2.45, 2.75) is 51.0 Å². The molecule has 4 aromatic carbocycles. The molecule has 0 radical (unpaired) electrons. The molecule has 0 bridgehead atoms. The number of benzene rings is 4. The molecule has 2 N–H and O–H groups in total. The summed E-state index contributed by atoms with van der Waals surface area (Å²) in [4.78, 5) is 0. The predicted octanol–water partition coefficient (Wildman–Crippen LogP) is 9.36. The summed E-state index contributed by atoms with van der Waals surface area (Å²) in [7, 11) is 0.950. The van der Waals surface area contributed by atoms with E-state index in [0.29, 0.717) is 21.5 Å². The number of hydrogen-bond donors (Lipinski definition) is 2. The van der Waals surface area contributed by atoms with Crippen molar-refractivity contribution in [1.82, 2.24) is 0 Å². The Morgan fingerprint density at radius 3 is 1.17 bits per heavy atom. The fraction of sp³-hybridized carbons (Fsp3) is 0.278. The summed E-state index contributed by atoms with van der Waals surface area (Å²) in [6.45, 7) is 11.5. The molecular formula is C36H42Cl2N4O2S2. The SMILES string of the molecule is CNc1ccc(Cl)cc1/C(=N/[S@](=O)C(C)(C)C)c1ccccc1.CNc1ccc(Cl)cc1/C(=N/[S@](=O)C(C)(C)C)c1ccccc1. The lowest BCUT2D eigenvalue weighted by Gasteiger charge is -2.17. The molecule has 0 fully saturated rings. The molecule has 0 saturated heterocycles. The van der Waals surface area contributed by atoms with E-state index >= 15 is 0 Å². The molecule has 0 aliphatic rings. The highest BCUT2D eigenvalue weighted by atomic mass is 35.5. The molecule has 2 atom stereocenters. The average molecular weight is 698 g/mol. The van der Waals surface area contributed by atoms with Gasteiger partial charge in [-0.25, -0.2) is 8.42 Å². The molecule has 0 aliphatic carbocycles. The Kier molecular flexibility index (Phi) is 13.3. The van der Waals surface area contributed by atoms with E-state index in [1.165, 1.54) is 0 Å². The zero-order chi connectivity index (χ0) is 34.1. The van der Waals surface area contributed by atoms with Crippen LogP contribution in [0.5, 0.6) is 0 Å². The maximum atomic E-state index is 12.6. The van der Waals surface area contributed by atoms with Crippen molar-refractivity contribution >= 4 is 68.0 Å². The number of rotatable bonds is 8. The van der Waals surface area contributed by atoms with Gasteiger partial charge in [0, 0.05) is 57.8 Å². The van der Waals surface area contributed by atoms with E-state index in [1.54, 1.807) is 0 Å². The van der Waals surface area contributed by atoms with Crippen LogP contribution >= 0.6 is 23.2 Å². The first-order valence-corrected chi connectivity index (χ1v) is 17.7. The largest absolute Gasteiger partial charge is 0.388 e. The molecule has 0 saturated carbocycles.